The van der Waals surface area contributed by atoms with Crippen LogP contribution in [0.3, 0.4) is 0 Å². The molecule has 2 aromatic rings. The summed E-state index contributed by atoms with van der Waals surface area (Å²) in [5.74, 6) is 1.25. The van der Waals surface area contributed by atoms with Crippen molar-refractivity contribution in [3.8, 4) is 11.3 Å². The summed E-state index contributed by atoms with van der Waals surface area (Å²) < 4.78 is 0. The predicted molar refractivity (Wildman–Crippen MR) is 114 cm³/mol. The van der Waals surface area contributed by atoms with E-state index in [1.807, 2.05) is 14.0 Å². The van der Waals surface area contributed by atoms with E-state index in [2.05, 4.69) is 76.7 Å². The fraction of sp³-hybridized carbons (Fsp3) is 0.455. The first-order chi connectivity index (χ1) is 12.2. The standard InChI is InChI=1S/C22H32N4/c1-13(2)18-11-10-17(22(23-8)24-18)21-16(7)12-19(26(9)15(5)6)20(25-21)14(3)4/h10-13,15H,3H2,1-2,4-9H3,(H,23,24). The Labute approximate surface area is 158 Å². The van der Waals surface area contributed by atoms with Crippen LogP contribution in [0.25, 0.3) is 16.8 Å². The van der Waals surface area contributed by atoms with Crippen LogP contribution in [0, 0.1) is 6.92 Å². The molecule has 0 spiro atoms. The lowest BCUT2D eigenvalue weighted by Crippen LogP contribution is -2.27. The average Bonchev–Trinajstić information content (AvgIpc) is 2.59. The summed E-state index contributed by atoms with van der Waals surface area (Å²) >= 11 is 0. The smallest absolute Gasteiger partial charge is 0.135 e. The fourth-order valence-electron chi connectivity index (χ4n) is 2.91. The molecule has 4 heteroatoms. The number of pyridine rings is 2. The molecule has 0 aromatic carbocycles. The first kappa shape index (κ1) is 20.0. The van der Waals surface area contributed by atoms with Gasteiger partial charge in [-0.3, -0.25) is 0 Å². The van der Waals surface area contributed by atoms with Gasteiger partial charge in [0.1, 0.15) is 5.82 Å². The number of hydrogen-bond acceptors (Lipinski definition) is 4. The first-order valence-electron chi connectivity index (χ1n) is 9.26. The second kappa shape index (κ2) is 7.90. The molecule has 0 bridgehead atoms. The van der Waals surface area contributed by atoms with Crippen molar-refractivity contribution in [2.24, 2.45) is 0 Å². The Bertz CT molecular complexity index is 806. The molecule has 4 nitrogen and oxygen atoms in total. The van der Waals surface area contributed by atoms with Crippen LogP contribution in [0.15, 0.2) is 24.8 Å². The van der Waals surface area contributed by atoms with Crippen LogP contribution < -0.4 is 10.2 Å². The monoisotopic (exact) mass is 352 g/mol. The highest BCUT2D eigenvalue weighted by Gasteiger charge is 2.18. The molecule has 0 aliphatic carbocycles. The molecule has 0 unspecified atom stereocenters. The van der Waals surface area contributed by atoms with Gasteiger partial charge in [-0.15, -0.1) is 0 Å². The first-order valence-corrected chi connectivity index (χ1v) is 9.26. The fourth-order valence-corrected chi connectivity index (χ4v) is 2.91. The number of nitrogens with one attached hydrogen (secondary N) is 1. The van der Waals surface area contributed by atoms with Crippen molar-refractivity contribution in [1.29, 1.82) is 0 Å². The molecule has 0 aliphatic heterocycles. The lowest BCUT2D eigenvalue weighted by molar-refractivity contribution is 0.751. The number of allylic oxidation sites excluding steroid dienone is 1. The Morgan fingerprint density at radius 2 is 1.81 bits per heavy atom. The number of aromatic nitrogens is 2. The maximum absolute atomic E-state index is 5.01. The number of anilines is 2. The molecule has 140 valence electrons. The van der Waals surface area contributed by atoms with Crippen LogP contribution in [-0.4, -0.2) is 30.1 Å². The van der Waals surface area contributed by atoms with Gasteiger partial charge in [0.05, 0.1) is 17.1 Å². The van der Waals surface area contributed by atoms with E-state index in [1.54, 1.807) is 0 Å². The third kappa shape index (κ3) is 3.90. The predicted octanol–water partition coefficient (Wildman–Crippen LogP) is 5.49. The number of nitrogens with zero attached hydrogens (tertiary/aromatic N) is 3. The summed E-state index contributed by atoms with van der Waals surface area (Å²) in [6.45, 7) is 16.9. The summed E-state index contributed by atoms with van der Waals surface area (Å²) in [6.07, 6.45) is 0. The van der Waals surface area contributed by atoms with Gasteiger partial charge in [-0.25, -0.2) is 9.97 Å². The lowest BCUT2D eigenvalue weighted by Gasteiger charge is -2.27. The molecule has 0 aliphatic rings. The number of rotatable bonds is 6. The highest BCUT2D eigenvalue weighted by Crippen LogP contribution is 2.34. The zero-order chi connectivity index (χ0) is 19.6. The number of aryl methyl sites for hydroxylation is 1. The van der Waals surface area contributed by atoms with Gasteiger partial charge in [0.2, 0.25) is 0 Å². The topological polar surface area (TPSA) is 41.1 Å². The number of hydrogen-bond donors (Lipinski definition) is 1. The van der Waals surface area contributed by atoms with Crippen LogP contribution in [0.2, 0.25) is 0 Å². The Balaban J connectivity index is 2.68. The van der Waals surface area contributed by atoms with E-state index in [0.29, 0.717) is 12.0 Å². The van der Waals surface area contributed by atoms with Crippen LogP contribution in [0.4, 0.5) is 11.5 Å². The molecular formula is C22H32N4. The van der Waals surface area contributed by atoms with E-state index < -0.39 is 0 Å². The van der Waals surface area contributed by atoms with Crippen molar-refractivity contribution in [3.05, 3.63) is 41.7 Å². The zero-order valence-electron chi connectivity index (χ0n) is 17.4. The Hall–Kier alpha value is -2.36. The largest absolute Gasteiger partial charge is 0.373 e. The average molecular weight is 353 g/mol. The van der Waals surface area contributed by atoms with Gasteiger partial charge in [0.15, 0.2) is 0 Å². The van der Waals surface area contributed by atoms with Crippen LogP contribution >= 0.6 is 0 Å². The summed E-state index contributed by atoms with van der Waals surface area (Å²) in [4.78, 5) is 12.0. The Morgan fingerprint density at radius 3 is 2.31 bits per heavy atom. The second-order valence-electron chi connectivity index (χ2n) is 7.54. The van der Waals surface area contributed by atoms with Gasteiger partial charge in [0.25, 0.3) is 0 Å². The summed E-state index contributed by atoms with van der Waals surface area (Å²) in [5, 5.41) is 3.24. The van der Waals surface area contributed by atoms with E-state index >= 15 is 0 Å². The maximum Gasteiger partial charge on any atom is 0.135 e. The summed E-state index contributed by atoms with van der Waals surface area (Å²) in [6, 6.07) is 6.82. The molecule has 0 amide bonds. The molecule has 0 saturated heterocycles. The van der Waals surface area contributed by atoms with Crippen LogP contribution in [0.1, 0.15) is 57.5 Å². The third-order valence-corrected chi connectivity index (χ3v) is 4.75. The van der Waals surface area contributed by atoms with Gasteiger partial charge in [-0.05, 0) is 62.9 Å². The normalized spacial score (nSPS) is 11.2. The zero-order valence-corrected chi connectivity index (χ0v) is 17.4. The molecule has 1 N–H and O–H groups in total. The van der Waals surface area contributed by atoms with E-state index in [-0.39, 0.29) is 0 Å². The molecular weight excluding hydrogens is 320 g/mol. The van der Waals surface area contributed by atoms with E-state index in [0.717, 1.165) is 45.3 Å². The van der Waals surface area contributed by atoms with E-state index in [4.69, 9.17) is 9.97 Å². The van der Waals surface area contributed by atoms with Crippen molar-refractivity contribution >= 4 is 17.1 Å². The molecule has 2 heterocycles. The van der Waals surface area contributed by atoms with Crippen molar-refractivity contribution in [2.75, 3.05) is 24.3 Å². The van der Waals surface area contributed by atoms with Gasteiger partial charge in [-0.1, -0.05) is 20.4 Å². The van der Waals surface area contributed by atoms with Crippen molar-refractivity contribution in [2.45, 2.75) is 53.5 Å². The molecule has 2 rings (SSSR count). The SMILES string of the molecule is C=C(C)c1nc(-c2ccc(C(C)C)nc2NC)c(C)cc1N(C)C(C)C. The van der Waals surface area contributed by atoms with Crippen LogP contribution in [0.5, 0.6) is 0 Å². The highest BCUT2D eigenvalue weighted by molar-refractivity contribution is 5.80. The van der Waals surface area contributed by atoms with Gasteiger partial charge in [0, 0.05) is 31.4 Å². The molecule has 0 saturated carbocycles. The van der Waals surface area contributed by atoms with Gasteiger partial charge in [-0.2, -0.15) is 0 Å². The summed E-state index contributed by atoms with van der Waals surface area (Å²) in [5.41, 5.74) is 7.21. The third-order valence-electron chi connectivity index (χ3n) is 4.75. The molecule has 26 heavy (non-hydrogen) atoms. The van der Waals surface area contributed by atoms with E-state index in [9.17, 15) is 0 Å². The molecule has 0 atom stereocenters. The summed E-state index contributed by atoms with van der Waals surface area (Å²) in [7, 11) is 4.01. The second-order valence-corrected chi connectivity index (χ2v) is 7.54. The van der Waals surface area contributed by atoms with E-state index in [1.165, 1.54) is 0 Å². The molecule has 0 fully saturated rings. The van der Waals surface area contributed by atoms with Gasteiger partial charge < -0.3 is 10.2 Å². The molecule has 2 aromatic heterocycles. The molecule has 0 radical (unpaired) electrons. The van der Waals surface area contributed by atoms with Gasteiger partial charge >= 0.3 is 0 Å². The Morgan fingerprint density at radius 1 is 1.15 bits per heavy atom. The maximum atomic E-state index is 5.01. The van der Waals surface area contributed by atoms with Crippen molar-refractivity contribution < 1.29 is 0 Å². The lowest BCUT2D eigenvalue weighted by atomic mass is 10.0. The highest BCUT2D eigenvalue weighted by atomic mass is 15.1. The minimum Gasteiger partial charge on any atom is -0.373 e. The minimum absolute atomic E-state index is 0.387. The quantitative estimate of drug-likeness (QED) is 0.746. The van der Waals surface area contributed by atoms with Crippen molar-refractivity contribution in [1.82, 2.24) is 9.97 Å². The minimum atomic E-state index is 0.387. The van der Waals surface area contributed by atoms with Crippen LogP contribution in [-0.2, 0) is 0 Å². The Kier molecular flexibility index (Phi) is 6.06. The van der Waals surface area contributed by atoms with Crippen molar-refractivity contribution in [3.63, 3.8) is 0 Å².